The lowest BCUT2D eigenvalue weighted by Crippen LogP contribution is -2.10. The van der Waals surface area contributed by atoms with Crippen molar-refractivity contribution in [2.75, 3.05) is 13.2 Å². The Morgan fingerprint density at radius 1 is 0.365 bits per heavy atom. The zero-order chi connectivity index (χ0) is 47.4. The van der Waals surface area contributed by atoms with E-state index < -0.39 is 5.97 Å². The first-order chi connectivity index (χ1) is 30.8. The number of ether oxygens (including phenoxy) is 1. The van der Waals surface area contributed by atoms with Gasteiger partial charge in [-0.05, 0) is 65.2 Å². The number of rotatable bonds is 46. The van der Waals surface area contributed by atoms with Crippen LogP contribution < -0.4 is 0 Å². The number of hydrogen-bond acceptors (Lipinski definition) is 5. The molecule has 0 heterocycles. The monoisotopic (exact) mass is 897 g/mol. The van der Waals surface area contributed by atoms with Gasteiger partial charge in [0.05, 0.1) is 6.10 Å². The molecule has 0 aromatic carbocycles. The van der Waals surface area contributed by atoms with Gasteiger partial charge in [-0.15, -0.1) is 0 Å². The molecule has 6 heteroatoms. The largest absolute Gasteiger partial charge is 0.481 e. The minimum atomic E-state index is -0.664. The van der Waals surface area contributed by atoms with Crippen molar-refractivity contribution in [3.63, 3.8) is 0 Å². The number of allylic oxidation sites excluding steroid dienone is 2. The fourth-order valence-electron chi connectivity index (χ4n) is 7.45. The van der Waals surface area contributed by atoms with Crippen LogP contribution in [0.2, 0.25) is 0 Å². The Morgan fingerprint density at radius 3 is 0.857 bits per heavy atom. The van der Waals surface area contributed by atoms with E-state index in [9.17, 15) is 9.59 Å². The van der Waals surface area contributed by atoms with Crippen LogP contribution in [0.15, 0.2) is 12.2 Å². The maximum Gasteiger partial charge on any atom is 0.306 e. The number of aliphatic carboxylic acids is 1. The number of esters is 1. The van der Waals surface area contributed by atoms with Crippen molar-refractivity contribution in [1.29, 1.82) is 0 Å². The van der Waals surface area contributed by atoms with Crippen molar-refractivity contribution in [2.24, 2.45) is 0 Å². The van der Waals surface area contributed by atoms with E-state index in [0.717, 1.165) is 32.1 Å². The Hall–Kier alpha value is -1.40. The van der Waals surface area contributed by atoms with E-state index in [1.165, 1.54) is 238 Å². The molecule has 0 spiro atoms. The van der Waals surface area contributed by atoms with Gasteiger partial charge >= 0.3 is 11.9 Å². The molecule has 0 saturated carbocycles. The van der Waals surface area contributed by atoms with Gasteiger partial charge in [-0.25, -0.2) is 0 Å². The number of carbonyl (C=O) groups is 2. The molecule has 63 heavy (non-hydrogen) atoms. The summed E-state index contributed by atoms with van der Waals surface area (Å²) < 4.78 is 5.12. The Morgan fingerprint density at radius 2 is 0.603 bits per heavy atom. The molecule has 0 rings (SSSR count). The van der Waals surface area contributed by atoms with Gasteiger partial charge < -0.3 is 20.1 Å². The molecule has 0 amide bonds. The van der Waals surface area contributed by atoms with Crippen LogP contribution in [0.5, 0.6) is 0 Å². The molecule has 0 atom stereocenters. The van der Waals surface area contributed by atoms with E-state index in [2.05, 4.69) is 39.8 Å². The van der Waals surface area contributed by atoms with Crippen LogP contribution in [0.25, 0.3) is 0 Å². The van der Waals surface area contributed by atoms with Gasteiger partial charge in [0.1, 0.15) is 0 Å². The molecule has 3 N–H and O–H groups in total. The standard InChI is InChI=1S/C19H38O2.C18H34O2.C12H26O.C8H18O/c1-4-5-6-7-8-9-10-11-12-13-14-15-16-17-19(20)21-18(2)3;1-2-3-4-5-6-7-8-9-10-11-12-13-14-15-16-17-18(19)20;1-2-3-4-5-6-7-8-9-10-11-12-13;1-2-3-4-5-6-7-8-9/h18H,4-17H2,1-3H3;9-10H,2-8,11-17H2,1H3,(H,19,20);13H,2-12H2,1H3;9H,2-8H2,1H3. The fourth-order valence-corrected chi connectivity index (χ4v) is 7.45. The van der Waals surface area contributed by atoms with E-state index in [1.54, 1.807) is 0 Å². The van der Waals surface area contributed by atoms with Gasteiger partial charge in [-0.2, -0.15) is 0 Å². The SMILES string of the molecule is CCCCCCCCC=CCCCCCCCC(=O)O.CCCCCCCCCCCCCCCC(=O)OC(C)C.CCCCCCCCCCCCO.CCCCCCCCO. The molecule has 380 valence electrons. The van der Waals surface area contributed by atoms with E-state index in [1.807, 2.05) is 13.8 Å². The Kier molecular flexibility index (Phi) is 72.7. The third-order valence-electron chi connectivity index (χ3n) is 11.5. The maximum atomic E-state index is 11.3. The first-order valence-corrected chi connectivity index (χ1v) is 28.0. The molecule has 6 nitrogen and oxygen atoms in total. The summed E-state index contributed by atoms with van der Waals surface area (Å²) in [5, 5.41) is 25.5. The maximum absolute atomic E-state index is 11.3. The van der Waals surface area contributed by atoms with Crippen LogP contribution in [0.1, 0.15) is 324 Å². The molecule has 0 saturated heterocycles. The topological polar surface area (TPSA) is 104 Å². The van der Waals surface area contributed by atoms with Crippen LogP contribution in [0, 0.1) is 0 Å². The molecule has 0 aromatic heterocycles. The van der Waals surface area contributed by atoms with Gasteiger partial charge in [0.2, 0.25) is 0 Å². The van der Waals surface area contributed by atoms with Crippen molar-refractivity contribution in [3.05, 3.63) is 12.2 Å². The average Bonchev–Trinajstić information content (AvgIpc) is 3.26. The van der Waals surface area contributed by atoms with Crippen molar-refractivity contribution in [2.45, 2.75) is 330 Å². The predicted octanol–water partition coefficient (Wildman–Crippen LogP) is 18.8. The summed E-state index contributed by atoms with van der Waals surface area (Å²) in [7, 11) is 0. The van der Waals surface area contributed by atoms with E-state index in [0.29, 0.717) is 26.1 Å². The van der Waals surface area contributed by atoms with Gasteiger partial charge in [0, 0.05) is 26.1 Å². The van der Waals surface area contributed by atoms with Gasteiger partial charge in [-0.3, -0.25) is 9.59 Å². The lowest BCUT2D eigenvalue weighted by Gasteiger charge is -2.07. The third-order valence-corrected chi connectivity index (χ3v) is 11.5. The summed E-state index contributed by atoms with van der Waals surface area (Å²) in [5.74, 6) is -0.698. The molecule has 0 aromatic rings. The highest BCUT2D eigenvalue weighted by Gasteiger charge is 2.04. The number of carboxylic acid groups (broad SMARTS) is 1. The minimum Gasteiger partial charge on any atom is -0.481 e. The lowest BCUT2D eigenvalue weighted by atomic mass is 10.0. The summed E-state index contributed by atoms with van der Waals surface area (Å²) >= 11 is 0. The number of unbranched alkanes of at least 4 members (excludes halogenated alkanes) is 37. The molecule has 0 unspecified atom stereocenters. The average molecular weight is 898 g/mol. The third kappa shape index (κ3) is 81.3. The lowest BCUT2D eigenvalue weighted by molar-refractivity contribution is -0.147. The molecular weight excluding hydrogens is 781 g/mol. The van der Waals surface area contributed by atoms with Crippen LogP contribution in [0.3, 0.4) is 0 Å². The molecule has 0 aliphatic rings. The smallest absolute Gasteiger partial charge is 0.306 e. The Labute approximate surface area is 395 Å². The second-order valence-electron chi connectivity index (χ2n) is 18.7. The molecule has 0 aliphatic carbocycles. The molecular formula is C57H116O6. The number of aliphatic hydroxyl groups is 2. The molecule has 0 aliphatic heterocycles. The zero-order valence-corrected chi connectivity index (χ0v) is 43.8. The highest BCUT2D eigenvalue weighted by atomic mass is 16.5. The first-order valence-electron chi connectivity index (χ1n) is 28.0. The Balaban J connectivity index is -0.000000385. The summed E-state index contributed by atoms with van der Waals surface area (Å²) in [6, 6.07) is 0. The van der Waals surface area contributed by atoms with Crippen LogP contribution >= 0.6 is 0 Å². The van der Waals surface area contributed by atoms with Crippen LogP contribution in [-0.2, 0) is 14.3 Å². The molecule has 0 bridgehead atoms. The van der Waals surface area contributed by atoms with Crippen LogP contribution in [0.4, 0.5) is 0 Å². The van der Waals surface area contributed by atoms with Crippen molar-refractivity contribution < 1.29 is 29.6 Å². The van der Waals surface area contributed by atoms with Crippen molar-refractivity contribution >= 4 is 11.9 Å². The first kappa shape index (κ1) is 68.2. The van der Waals surface area contributed by atoms with E-state index >= 15 is 0 Å². The predicted molar refractivity (Wildman–Crippen MR) is 278 cm³/mol. The number of hydrogen-bond donors (Lipinski definition) is 3. The van der Waals surface area contributed by atoms with E-state index in [-0.39, 0.29) is 12.1 Å². The fraction of sp³-hybridized carbons (Fsp3) is 0.930. The summed E-state index contributed by atoms with van der Waals surface area (Å²) in [4.78, 5) is 21.7. The quantitative estimate of drug-likeness (QED) is 0.0319. The highest BCUT2D eigenvalue weighted by molar-refractivity contribution is 5.69. The van der Waals surface area contributed by atoms with Crippen LogP contribution in [-0.4, -0.2) is 46.6 Å². The van der Waals surface area contributed by atoms with E-state index in [4.69, 9.17) is 20.1 Å². The van der Waals surface area contributed by atoms with Crippen molar-refractivity contribution in [1.82, 2.24) is 0 Å². The second-order valence-corrected chi connectivity index (χ2v) is 18.7. The highest BCUT2D eigenvalue weighted by Crippen LogP contribution is 2.14. The number of carbonyl (C=O) groups excluding carboxylic acids is 1. The molecule has 0 radical (unpaired) electrons. The number of aliphatic hydroxyl groups excluding tert-OH is 2. The summed E-state index contributed by atoms with van der Waals surface area (Å²) in [6.07, 6.45) is 60.0. The van der Waals surface area contributed by atoms with Crippen molar-refractivity contribution in [3.8, 4) is 0 Å². The second kappa shape index (κ2) is 67.2. The normalized spacial score (nSPS) is 10.9. The molecule has 0 fully saturated rings. The minimum absolute atomic E-state index is 0.0273. The van der Waals surface area contributed by atoms with Gasteiger partial charge in [-0.1, -0.05) is 258 Å². The summed E-state index contributed by atoms with van der Waals surface area (Å²) in [5.41, 5.74) is 0. The zero-order valence-electron chi connectivity index (χ0n) is 43.8. The number of carboxylic acids is 1. The Bertz CT molecular complexity index is 811. The van der Waals surface area contributed by atoms with Gasteiger partial charge in [0.25, 0.3) is 0 Å². The van der Waals surface area contributed by atoms with Gasteiger partial charge in [0.15, 0.2) is 0 Å². The summed E-state index contributed by atoms with van der Waals surface area (Å²) in [6.45, 7) is 13.6.